The highest BCUT2D eigenvalue weighted by molar-refractivity contribution is 5.88. The average molecular weight is 414 g/mol. The molecule has 6 nitrogen and oxygen atoms in total. The third-order valence-electron chi connectivity index (χ3n) is 4.34. The summed E-state index contributed by atoms with van der Waals surface area (Å²) in [7, 11) is 2.78. The highest BCUT2D eigenvalue weighted by atomic mass is 19.3. The summed E-state index contributed by atoms with van der Waals surface area (Å²) < 4.78 is 39.8. The van der Waals surface area contributed by atoms with E-state index in [2.05, 4.69) is 15.3 Å². The molecule has 3 aromatic rings. The van der Waals surface area contributed by atoms with Crippen LogP contribution in [0.1, 0.15) is 17.2 Å². The number of hydrogen-bond donors (Lipinski definition) is 1. The number of ether oxygens (including phenoxy) is 3. The molecule has 0 aliphatic rings. The number of alkyl halides is 2. The molecule has 0 spiro atoms. The zero-order valence-corrected chi connectivity index (χ0v) is 16.3. The number of carbonyl (C=O) groups is 1. The molecule has 0 saturated heterocycles. The molecule has 0 aliphatic heterocycles. The van der Waals surface area contributed by atoms with Gasteiger partial charge in [-0.3, -0.25) is 4.79 Å². The Morgan fingerprint density at radius 2 is 1.77 bits per heavy atom. The lowest BCUT2D eigenvalue weighted by Gasteiger charge is -2.14. The molecule has 0 aliphatic carbocycles. The van der Waals surface area contributed by atoms with E-state index in [1.165, 1.54) is 32.6 Å². The number of methoxy groups -OCH3 is 2. The van der Waals surface area contributed by atoms with Gasteiger partial charge in [0.25, 0.3) is 5.91 Å². The number of amides is 1. The molecule has 0 radical (unpaired) electrons. The number of hydrazone groups is 1. The first kappa shape index (κ1) is 21.2. The van der Waals surface area contributed by atoms with E-state index in [0.29, 0.717) is 11.1 Å². The van der Waals surface area contributed by atoms with Gasteiger partial charge in [0.2, 0.25) is 0 Å². The van der Waals surface area contributed by atoms with Gasteiger partial charge in [-0.1, -0.05) is 36.4 Å². The summed E-state index contributed by atoms with van der Waals surface area (Å²) in [4.78, 5) is 12.5. The van der Waals surface area contributed by atoms with E-state index >= 15 is 0 Å². The zero-order valence-electron chi connectivity index (χ0n) is 16.3. The van der Waals surface area contributed by atoms with Crippen LogP contribution in [0.3, 0.4) is 0 Å². The van der Waals surface area contributed by atoms with Crippen LogP contribution in [-0.2, 0) is 9.53 Å². The van der Waals surface area contributed by atoms with Gasteiger partial charge in [-0.05, 0) is 46.2 Å². The number of nitrogens with zero attached hydrogens (tertiary/aromatic N) is 1. The first-order valence-electron chi connectivity index (χ1n) is 8.99. The predicted octanol–water partition coefficient (Wildman–Crippen LogP) is 4.29. The second kappa shape index (κ2) is 9.80. The number of rotatable bonds is 8. The van der Waals surface area contributed by atoms with Crippen LogP contribution in [0.2, 0.25) is 0 Å². The molecule has 3 aromatic carbocycles. The van der Waals surface area contributed by atoms with Gasteiger partial charge in [0.15, 0.2) is 17.6 Å². The first-order chi connectivity index (χ1) is 14.5. The van der Waals surface area contributed by atoms with E-state index in [1.807, 2.05) is 42.5 Å². The van der Waals surface area contributed by atoms with Crippen LogP contribution in [0, 0.1) is 0 Å². The number of hydrogen-bond acceptors (Lipinski definition) is 5. The topological polar surface area (TPSA) is 69.2 Å². The molecule has 0 saturated carbocycles. The molecule has 0 fully saturated rings. The fourth-order valence-electron chi connectivity index (χ4n) is 2.96. The van der Waals surface area contributed by atoms with Gasteiger partial charge in [0.05, 0.1) is 13.3 Å². The van der Waals surface area contributed by atoms with Crippen molar-refractivity contribution in [1.82, 2.24) is 5.43 Å². The Labute approximate surface area is 172 Å². The normalized spacial score (nSPS) is 12.3. The maximum atomic E-state index is 12.5. The van der Waals surface area contributed by atoms with Crippen molar-refractivity contribution < 1.29 is 27.8 Å². The SMILES string of the molecule is COc1ccc(/C=N/NC(=O)C(OC)c2ccc3ccccc3c2)cc1OC(F)F. The lowest BCUT2D eigenvalue weighted by atomic mass is 10.0. The fourth-order valence-corrected chi connectivity index (χ4v) is 2.96. The molecule has 8 heteroatoms. The molecular weight excluding hydrogens is 394 g/mol. The molecule has 1 atom stereocenters. The number of fused-ring (bicyclic) bond motifs is 1. The van der Waals surface area contributed by atoms with Crippen molar-refractivity contribution in [2.24, 2.45) is 5.10 Å². The Balaban J connectivity index is 1.72. The van der Waals surface area contributed by atoms with E-state index in [-0.39, 0.29) is 11.5 Å². The Morgan fingerprint density at radius 1 is 1.00 bits per heavy atom. The van der Waals surface area contributed by atoms with Crippen molar-refractivity contribution in [2.45, 2.75) is 12.7 Å². The molecule has 0 aromatic heterocycles. The minimum Gasteiger partial charge on any atom is -0.493 e. The molecule has 0 heterocycles. The number of halogens is 2. The minimum atomic E-state index is -2.99. The summed E-state index contributed by atoms with van der Waals surface area (Å²) in [6.45, 7) is -2.99. The second-order valence-corrected chi connectivity index (χ2v) is 6.25. The smallest absolute Gasteiger partial charge is 0.387 e. The molecular formula is C22H20F2N2O4. The van der Waals surface area contributed by atoms with Crippen LogP contribution >= 0.6 is 0 Å². The summed E-state index contributed by atoms with van der Waals surface area (Å²) >= 11 is 0. The summed E-state index contributed by atoms with van der Waals surface area (Å²) in [5.74, 6) is -0.442. The number of nitrogens with one attached hydrogen (secondary N) is 1. The Hall–Kier alpha value is -3.52. The zero-order chi connectivity index (χ0) is 21.5. The van der Waals surface area contributed by atoms with Crippen molar-refractivity contribution in [3.8, 4) is 11.5 Å². The van der Waals surface area contributed by atoms with Gasteiger partial charge in [0.1, 0.15) is 0 Å². The highest BCUT2D eigenvalue weighted by Crippen LogP contribution is 2.29. The third-order valence-corrected chi connectivity index (χ3v) is 4.34. The van der Waals surface area contributed by atoms with Crippen LogP contribution < -0.4 is 14.9 Å². The van der Waals surface area contributed by atoms with Gasteiger partial charge in [0, 0.05) is 7.11 Å². The van der Waals surface area contributed by atoms with Crippen LogP contribution in [0.15, 0.2) is 65.8 Å². The molecule has 0 bridgehead atoms. The Bertz CT molecular complexity index is 1060. The quantitative estimate of drug-likeness (QED) is 0.441. The lowest BCUT2D eigenvalue weighted by molar-refractivity contribution is -0.131. The first-order valence-corrected chi connectivity index (χ1v) is 8.99. The lowest BCUT2D eigenvalue weighted by Crippen LogP contribution is -2.26. The molecule has 156 valence electrons. The molecule has 1 amide bonds. The van der Waals surface area contributed by atoms with Crippen LogP contribution in [0.25, 0.3) is 10.8 Å². The largest absolute Gasteiger partial charge is 0.493 e. The third kappa shape index (κ3) is 5.09. The van der Waals surface area contributed by atoms with Crippen molar-refractivity contribution in [3.63, 3.8) is 0 Å². The summed E-state index contributed by atoms with van der Waals surface area (Å²) in [6.07, 6.45) is 0.448. The molecule has 1 unspecified atom stereocenters. The second-order valence-electron chi connectivity index (χ2n) is 6.25. The van der Waals surface area contributed by atoms with Gasteiger partial charge in [-0.15, -0.1) is 0 Å². The van der Waals surface area contributed by atoms with Crippen LogP contribution in [0.5, 0.6) is 11.5 Å². The van der Waals surface area contributed by atoms with E-state index in [4.69, 9.17) is 9.47 Å². The van der Waals surface area contributed by atoms with Crippen molar-refractivity contribution in [3.05, 3.63) is 71.8 Å². The van der Waals surface area contributed by atoms with Crippen molar-refractivity contribution >= 4 is 22.9 Å². The van der Waals surface area contributed by atoms with Crippen molar-refractivity contribution in [2.75, 3.05) is 14.2 Å². The van der Waals surface area contributed by atoms with Gasteiger partial charge in [-0.25, -0.2) is 5.43 Å². The van der Waals surface area contributed by atoms with Gasteiger partial charge in [-0.2, -0.15) is 13.9 Å². The molecule has 1 N–H and O–H groups in total. The van der Waals surface area contributed by atoms with Crippen LogP contribution in [0.4, 0.5) is 8.78 Å². The molecule has 3 rings (SSSR count). The van der Waals surface area contributed by atoms with Crippen molar-refractivity contribution in [1.29, 1.82) is 0 Å². The summed E-state index contributed by atoms with van der Waals surface area (Å²) in [5.41, 5.74) is 3.52. The molecule has 30 heavy (non-hydrogen) atoms. The maximum Gasteiger partial charge on any atom is 0.387 e. The van der Waals surface area contributed by atoms with Gasteiger partial charge >= 0.3 is 6.61 Å². The summed E-state index contributed by atoms with van der Waals surface area (Å²) in [6, 6.07) is 17.8. The summed E-state index contributed by atoms with van der Waals surface area (Å²) in [5, 5.41) is 5.92. The van der Waals surface area contributed by atoms with E-state index in [9.17, 15) is 13.6 Å². The monoisotopic (exact) mass is 414 g/mol. The van der Waals surface area contributed by atoms with E-state index < -0.39 is 18.6 Å². The average Bonchev–Trinajstić information content (AvgIpc) is 2.74. The van der Waals surface area contributed by atoms with E-state index in [1.54, 1.807) is 6.07 Å². The Morgan fingerprint density at radius 3 is 2.47 bits per heavy atom. The minimum absolute atomic E-state index is 0.131. The maximum absolute atomic E-state index is 12.5. The van der Waals surface area contributed by atoms with Crippen LogP contribution in [-0.4, -0.2) is 33.0 Å². The highest BCUT2D eigenvalue weighted by Gasteiger charge is 2.20. The van der Waals surface area contributed by atoms with E-state index in [0.717, 1.165) is 10.8 Å². The number of benzene rings is 3. The van der Waals surface area contributed by atoms with Gasteiger partial charge < -0.3 is 14.2 Å². The fraction of sp³-hybridized carbons (Fsp3) is 0.182. The predicted molar refractivity (Wildman–Crippen MR) is 109 cm³/mol. The number of carbonyl (C=O) groups excluding carboxylic acids is 1. The standard InChI is InChI=1S/C22H20F2N2O4/c1-28-18-10-7-14(11-19(18)30-22(23)24)13-25-26-21(27)20(29-2)17-9-8-15-5-3-4-6-16(15)12-17/h3-13,20,22H,1-2H3,(H,26,27)/b25-13+. The Kier molecular flexibility index (Phi) is 6.92.